The molecule has 6 nitrogen and oxygen atoms in total. The lowest BCUT2D eigenvalue weighted by molar-refractivity contribution is -0.132. The van der Waals surface area contributed by atoms with Crippen molar-refractivity contribution in [3.05, 3.63) is 60.2 Å². The number of carbonyl (C=O) groups is 1. The van der Waals surface area contributed by atoms with Crippen molar-refractivity contribution in [1.82, 2.24) is 9.62 Å². The smallest absolute Gasteiger partial charge is 0.260 e. The molecule has 1 aliphatic rings. The Hall–Kier alpha value is -2.38. The highest BCUT2D eigenvalue weighted by atomic mass is 32.2. The van der Waals surface area contributed by atoms with E-state index in [2.05, 4.69) is 4.72 Å². The van der Waals surface area contributed by atoms with Crippen LogP contribution in [0, 0.1) is 0 Å². The second-order valence-corrected chi connectivity index (χ2v) is 8.81. The van der Waals surface area contributed by atoms with Gasteiger partial charge in [-0.1, -0.05) is 43.2 Å². The normalized spacial score (nSPS) is 14.8. The molecule has 150 valence electrons. The molecule has 0 bridgehead atoms. The van der Waals surface area contributed by atoms with Crippen LogP contribution in [0.2, 0.25) is 0 Å². The lowest BCUT2D eigenvalue weighted by Crippen LogP contribution is -2.32. The van der Waals surface area contributed by atoms with Crippen molar-refractivity contribution in [2.24, 2.45) is 0 Å². The van der Waals surface area contributed by atoms with Crippen molar-refractivity contribution in [3.63, 3.8) is 0 Å². The van der Waals surface area contributed by atoms with E-state index in [0.29, 0.717) is 12.3 Å². The summed E-state index contributed by atoms with van der Waals surface area (Å²) in [7, 11) is -1.80. The highest BCUT2D eigenvalue weighted by Crippen LogP contribution is 2.21. The van der Waals surface area contributed by atoms with Crippen LogP contribution in [0.15, 0.2) is 59.5 Å². The average molecular weight is 403 g/mol. The van der Waals surface area contributed by atoms with Crippen LogP contribution in [0.3, 0.4) is 0 Å². The summed E-state index contributed by atoms with van der Waals surface area (Å²) in [5.41, 5.74) is 1.04. The number of ether oxygens (including phenoxy) is 1. The van der Waals surface area contributed by atoms with Crippen molar-refractivity contribution < 1.29 is 17.9 Å². The number of sulfonamides is 1. The predicted octanol–water partition coefficient (Wildman–Crippen LogP) is 2.94. The standard InChI is InChI=1S/C21H26N2O4S/c1-23(15-17-7-3-2-4-8-17)21(24)16-27-19-11-13-20(14-12-19)28(25,26)22-18-9-5-6-10-18/h2-4,7-8,11-14,18,22H,5-6,9-10,15-16H2,1H3. The number of nitrogens with zero attached hydrogens (tertiary/aromatic N) is 1. The molecule has 1 amide bonds. The Morgan fingerprint density at radius 3 is 2.36 bits per heavy atom. The molecule has 0 radical (unpaired) electrons. The van der Waals surface area contributed by atoms with E-state index >= 15 is 0 Å². The number of hydrogen-bond donors (Lipinski definition) is 1. The van der Waals surface area contributed by atoms with E-state index in [-0.39, 0.29) is 23.5 Å². The van der Waals surface area contributed by atoms with Gasteiger partial charge in [-0.25, -0.2) is 13.1 Å². The van der Waals surface area contributed by atoms with Gasteiger partial charge < -0.3 is 9.64 Å². The van der Waals surface area contributed by atoms with Crippen LogP contribution < -0.4 is 9.46 Å². The van der Waals surface area contributed by atoms with Crippen LogP contribution in [-0.4, -0.2) is 38.9 Å². The molecule has 3 rings (SSSR count). The molecule has 0 unspecified atom stereocenters. The van der Waals surface area contributed by atoms with Gasteiger partial charge in [0, 0.05) is 19.6 Å². The minimum Gasteiger partial charge on any atom is -0.484 e. The highest BCUT2D eigenvalue weighted by molar-refractivity contribution is 7.89. The number of carbonyl (C=O) groups excluding carboxylic acids is 1. The molecular weight excluding hydrogens is 376 g/mol. The summed E-state index contributed by atoms with van der Waals surface area (Å²) >= 11 is 0. The zero-order valence-corrected chi connectivity index (χ0v) is 16.8. The summed E-state index contributed by atoms with van der Waals surface area (Å²) in [5.74, 6) is 0.310. The number of likely N-dealkylation sites (N-methyl/N-ethyl adjacent to an activating group) is 1. The van der Waals surface area contributed by atoms with Crippen LogP contribution >= 0.6 is 0 Å². The third-order valence-corrected chi connectivity index (χ3v) is 6.40. The van der Waals surface area contributed by atoms with E-state index in [0.717, 1.165) is 31.2 Å². The summed E-state index contributed by atoms with van der Waals surface area (Å²) in [5, 5.41) is 0. The van der Waals surface area contributed by atoms with E-state index < -0.39 is 10.0 Å². The van der Waals surface area contributed by atoms with Crippen molar-refractivity contribution in [2.45, 2.75) is 43.2 Å². The molecule has 1 N–H and O–H groups in total. The first-order valence-corrected chi connectivity index (χ1v) is 11.0. The highest BCUT2D eigenvalue weighted by Gasteiger charge is 2.22. The predicted molar refractivity (Wildman–Crippen MR) is 107 cm³/mol. The van der Waals surface area contributed by atoms with Gasteiger partial charge in [-0.05, 0) is 42.7 Å². The number of nitrogens with one attached hydrogen (secondary N) is 1. The molecular formula is C21H26N2O4S. The Morgan fingerprint density at radius 1 is 1.07 bits per heavy atom. The van der Waals surface area contributed by atoms with Crippen molar-refractivity contribution in [3.8, 4) is 5.75 Å². The number of hydrogen-bond acceptors (Lipinski definition) is 4. The van der Waals surface area contributed by atoms with Crippen LogP contribution in [-0.2, 0) is 21.4 Å². The Labute approximate surface area is 166 Å². The Kier molecular flexibility index (Phi) is 6.70. The Balaban J connectivity index is 1.51. The summed E-state index contributed by atoms with van der Waals surface area (Å²) in [6.07, 6.45) is 3.90. The molecule has 7 heteroatoms. The maximum Gasteiger partial charge on any atom is 0.260 e. The van der Waals surface area contributed by atoms with Crippen LogP contribution in [0.1, 0.15) is 31.2 Å². The Bertz CT molecular complexity index is 876. The summed E-state index contributed by atoms with van der Waals surface area (Å²) < 4.78 is 33.1. The summed E-state index contributed by atoms with van der Waals surface area (Å²) in [6.45, 7) is 0.406. The molecule has 0 aromatic heterocycles. The van der Waals surface area contributed by atoms with Crippen molar-refractivity contribution in [2.75, 3.05) is 13.7 Å². The molecule has 1 saturated carbocycles. The van der Waals surface area contributed by atoms with Gasteiger partial charge >= 0.3 is 0 Å². The molecule has 0 saturated heterocycles. The minimum atomic E-state index is -3.52. The first kappa shape index (κ1) is 20.4. The number of benzene rings is 2. The van der Waals surface area contributed by atoms with Crippen LogP contribution in [0.25, 0.3) is 0 Å². The maximum absolute atomic E-state index is 12.4. The first-order chi connectivity index (χ1) is 13.4. The molecule has 0 heterocycles. The third kappa shape index (κ3) is 5.56. The second kappa shape index (κ2) is 9.21. The molecule has 0 spiro atoms. The van der Waals surface area contributed by atoms with Gasteiger partial charge in [0.2, 0.25) is 10.0 Å². The summed E-state index contributed by atoms with van der Waals surface area (Å²) in [6, 6.07) is 15.9. The van der Waals surface area contributed by atoms with E-state index in [1.165, 1.54) is 12.1 Å². The van der Waals surface area contributed by atoms with Gasteiger partial charge in [0.05, 0.1) is 4.90 Å². The van der Waals surface area contributed by atoms with E-state index in [1.54, 1.807) is 24.1 Å². The fraction of sp³-hybridized carbons (Fsp3) is 0.381. The minimum absolute atomic E-state index is 0.0266. The van der Waals surface area contributed by atoms with E-state index in [1.807, 2.05) is 30.3 Å². The molecule has 2 aromatic rings. The molecule has 1 aliphatic carbocycles. The zero-order chi connectivity index (χ0) is 20.0. The first-order valence-electron chi connectivity index (χ1n) is 9.47. The zero-order valence-electron chi connectivity index (χ0n) is 16.0. The number of rotatable bonds is 8. The van der Waals surface area contributed by atoms with Gasteiger partial charge in [0.25, 0.3) is 5.91 Å². The van der Waals surface area contributed by atoms with Crippen LogP contribution in [0.4, 0.5) is 0 Å². The maximum atomic E-state index is 12.4. The van der Waals surface area contributed by atoms with E-state index in [9.17, 15) is 13.2 Å². The largest absolute Gasteiger partial charge is 0.484 e. The van der Waals surface area contributed by atoms with Gasteiger partial charge in [-0.15, -0.1) is 0 Å². The van der Waals surface area contributed by atoms with Gasteiger partial charge in [0.1, 0.15) is 5.75 Å². The van der Waals surface area contributed by atoms with E-state index in [4.69, 9.17) is 4.74 Å². The summed E-state index contributed by atoms with van der Waals surface area (Å²) in [4.78, 5) is 14.0. The lowest BCUT2D eigenvalue weighted by atomic mass is 10.2. The van der Waals surface area contributed by atoms with Gasteiger partial charge in [0.15, 0.2) is 6.61 Å². The van der Waals surface area contributed by atoms with Crippen molar-refractivity contribution >= 4 is 15.9 Å². The van der Waals surface area contributed by atoms with Gasteiger partial charge in [-0.2, -0.15) is 0 Å². The monoisotopic (exact) mass is 402 g/mol. The quantitative estimate of drug-likeness (QED) is 0.737. The fourth-order valence-corrected chi connectivity index (χ4v) is 4.55. The molecule has 28 heavy (non-hydrogen) atoms. The van der Waals surface area contributed by atoms with Gasteiger partial charge in [-0.3, -0.25) is 4.79 Å². The molecule has 1 fully saturated rings. The molecule has 0 aliphatic heterocycles. The molecule has 0 atom stereocenters. The second-order valence-electron chi connectivity index (χ2n) is 7.10. The molecule has 2 aromatic carbocycles. The average Bonchev–Trinajstić information content (AvgIpc) is 3.19. The number of amides is 1. The van der Waals surface area contributed by atoms with Crippen LogP contribution in [0.5, 0.6) is 5.75 Å². The third-order valence-electron chi connectivity index (χ3n) is 4.86. The van der Waals surface area contributed by atoms with Crippen molar-refractivity contribution in [1.29, 1.82) is 0 Å². The fourth-order valence-electron chi connectivity index (χ4n) is 3.25. The SMILES string of the molecule is CN(Cc1ccccc1)C(=O)COc1ccc(S(=O)(=O)NC2CCCC2)cc1. The Morgan fingerprint density at radius 2 is 1.71 bits per heavy atom. The lowest BCUT2D eigenvalue weighted by Gasteiger charge is -2.17. The topological polar surface area (TPSA) is 75.7 Å².